The zero-order valence-electron chi connectivity index (χ0n) is 13.3. The van der Waals surface area contributed by atoms with Gasteiger partial charge in [-0.15, -0.1) is 0 Å². The predicted molar refractivity (Wildman–Crippen MR) is 87.7 cm³/mol. The fourth-order valence-electron chi connectivity index (χ4n) is 2.51. The van der Waals surface area contributed by atoms with E-state index in [0.29, 0.717) is 24.3 Å². The van der Waals surface area contributed by atoms with Gasteiger partial charge in [0.25, 0.3) is 5.91 Å². The highest BCUT2D eigenvalue weighted by atomic mass is 32.2. The van der Waals surface area contributed by atoms with Crippen LogP contribution in [0.3, 0.4) is 0 Å². The van der Waals surface area contributed by atoms with Gasteiger partial charge >= 0.3 is 0 Å². The summed E-state index contributed by atoms with van der Waals surface area (Å²) < 4.78 is 25.2. The number of hydrogen-bond acceptors (Lipinski definition) is 4. The van der Waals surface area contributed by atoms with Crippen molar-refractivity contribution in [2.45, 2.75) is 13.8 Å². The van der Waals surface area contributed by atoms with Crippen molar-refractivity contribution >= 4 is 21.6 Å². The van der Waals surface area contributed by atoms with Crippen molar-refractivity contribution < 1.29 is 13.2 Å². The van der Waals surface area contributed by atoms with Gasteiger partial charge in [-0.1, -0.05) is 13.0 Å². The summed E-state index contributed by atoms with van der Waals surface area (Å²) >= 11 is 0. The maximum Gasteiger partial charge on any atom is 0.254 e. The molecule has 0 unspecified atom stereocenters. The number of rotatable bonds is 4. The van der Waals surface area contributed by atoms with Crippen LogP contribution in [0.15, 0.2) is 18.2 Å². The summed E-state index contributed by atoms with van der Waals surface area (Å²) in [6, 6.07) is 5.13. The van der Waals surface area contributed by atoms with E-state index in [-0.39, 0.29) is 5.91 Å². The van der Waals surface area contributed by atoms with Gasteiger partial charge in [0, 0.05) is 31.7 Å². The summed E-state index contributed by atoms with van der Waals surface area (Å²) in [4.78, 5) is 16.7. The summed E-state index contributed by atoms with van der Waals surface area (Å²) in [5.74, 6) is -0.0488. The molecule has 0 atom stereocenters. The lowest BCUT2D eigenvalue weighted by Crippen LogP contribution is -2.48. The molecular weight excluding hydrogens is 302 g/mol. The minimum atomic E-state index is -3.36. The lowest BCUT2D eigenvalue weighted by atomic mass is 10.1. The first-order chi connectivity index (χ1) is 10.3. The number of amides is 1. The maximum atomic E-state index is 12.6. The van der Waals surface area contributed by atoms with E-state index in [1.54, 1.807) is 18.2 Å². The van der Waals surface area contributed by atoms with Gasteiger partial charge in [-0.2, -0.15) is 0 Å². The van der Waals surface area contributed by atoms with Crippen LogP contribution >= 0.6 is 0 Å². The van der Waals surface area contributed by atoms with Crippen molar-refractivity contribution in [1.82, 2.24) is 9.80 Å². The molecule has 22 heavy (non-hydrogen) atoms. The maximum absolute atomic E-state index is 12.6. The van der Waals surface area contributed by atoms with Gasteiger partial charge in [0.05, 0.1) is 11.9 Å². The number of carbonyl (C=O) groups is 1. The Morgan fingerprint density at radius 3 is 2.41 bits per heavy atom. The standard InChI is InChI=1S/C15H23N3O3S/c1-4-17-7-9-18(10-8-17)15(19)13-6-5-12(2)14(11-13)16-22(3,20)21/h5-6,11,16H,4,7-10H2,1-3H3. The summed E-state index contributed by atoms with van der Waals surface area (Å²) in [6.07, 6.45) is 1.10. The molecule has 1 fully saturated rings. The molecule has 7 heteroatoms. The molecule has 0 bridgehead atoms. The van der Waals surface area contributed by atoms with E-state index in [1.165, 1.54) is 0 Å². The molecule has 0 aromatic heterocycles. The van der Waals surface area contributed by atoms with E-state index in [0.717, 1.165) is 31.5 Å². The van der Waals surface area contributed by atoms with Crippen LogP contribution < -0.4 is 4.72 Å². The summed E-state index contributed by atoms with van der Waals surface area (Å²) in [7, 11) is -3.36. The van der Waals surface area contributed by atoms with Crippen LogP contribution in [0.2, 0.25) is 0 Å². The van der Waals surface area contributed by atoms with Crippen LogP contribution in [0.1, 0.15) is 22.8 Å². The van der Waals surface area contributed by atoms with Crippen molar-refractivity contribution in [3.63, 3.8) is 0 Å². The largest absolute Gasteiger partial charge is 0.336 e. The minimum absolute atomic E-state index is 0.0488. The Morgan fingerprint density at radius 2 is 1.86 bits per heavy atom. The number of carbonyl (C=O) groups excluding carboxylic acids is 1. The van der Waals surface area contributed by atoms with Crippen LogP contribution in [0.25, 0.3) is 0 Å². The average molecular weight is 325 g/mol. The molecule has 1 N–H and O–H groups in total. The number of aryl methyl sites for hydroxylation is 1. The van der Waals surface area contributed by atoms with Gasteiger partial charge in [-0.3, -0.25) is 9.52 Å². The second-order valence-electron chi connectivity index (χ2n) is 5.63. The average Bonchev–Trinajstić information content (AvgIpc) is 2.47. The second kappa shape index (κ2) is 6.66. The van der Waals surface area contributed by atoms with Crippen molar-refractivity contribution in [1.29, 1.82) is 0 Å². The van der Waals surface area contributed by atoms with Gasteiger partial charge in [0.15, 0.2) is 0 Å². The first-order valence-electron chi connectivity index (χ1n) is 7.40. The molecule has 0 saturated carbocycles. The van der Waals surface area contributed by atoms with E-state index in [9.17, 15) is 13.2 Å². The topological polar surface area (TPSA) is 69.7 Å². The number of sulfonamides is 1. The number of nitrogens with zero attached hydrogens (tertiary/aromatic N) is 2. The molecule has 0 radical (unpaired) electrons. The first kappa shape index (κ1) is 16.8. The highest BCUT2D eigenvalue weighted by Crippen LogP contribution is 2.19. The Balaban J connectivity index is 2.15. The molecule has 1 aliphatic rings. The molecule has 2 rings (SSSR count). The number of piperazine rings is 1. The SMILES string of the molecule is CCN1CCN(C(=O)c2ccc(C)c(NS(C)(=O)=O)c2)CC1. The van der Waals surface area contributed by atoms with Gasteiger partial charge in [0.2, 0.25) is 10.0 Å². The summed E-state index contributed by atoms with van der Waals surface area (Å²) in [5.41, 5.74) is 1.76. The molecule has 0 spiro atoms. The smallest absolute Gasteiger partial charge is 0.254 e. The fourth-order valence-corrected chi connectivity index (χ4v) is 3.13. The highest BCUT2D eigenvalue weighted by Gasteiger charge is 2.22. The van der Waals surface area contributed by atoms with Crippen LogP contribution in [0.5, 0.6) is 0 Å². The number of anilines is 1. The van der Waals surface area contributed by atoms with Crippen molar-refractivity contribution in [2.24, 2.45) is 0 Å². The van der Waals surface area contributed by atoms with E-state index >= 15 is 0 Å². The van der Waals surface area contributed by atoms with Crippen molar-refractivity contribution in [2.75, 3.05) is 43.7 Å². The van der Waals surface area contributed by atoms with Crippen LogP contribution in [-0.2, 0) is 10.0 Å². The molecule has 1 saturated heterocycles. The molecule has 1 aliphatic heterocycles. The number of hydrogen-bond donors (Lipinski definition) is 1. The minimum Gasteiger partial charge on any atom is -0.336 e. The highest BCUT2D eigenvalue weighted by molar-refractivity contribution is 7.92. The Kier molecular flexibility index (Phi) is 5.08. The summed E-state index contributed by atoms with van der Waals surface area (Å²) in [5, 5.41) is 0. The van der Waals surface area contributed by atoms with E-state index in [1.807, 2.05) is 11.8 Å². The Labute approximate surface area is 132 Å². The zero-order valence-corrected chi connectivity index (χ0v) is 14.1. The van der Waals surface area contributed by atoms with E-state index in [2.05, 4.69) is 16.5 Å². The normalized spacial score (nSPS) is 16.6. The fraction of sp³-hybridized carbons (Fsp3) is 0.533. The zero-order chi connectivity index (χ0) is 16.3. The molecule has 6 nitrogen and oxygen atoms in total. The molecule has 1 amide bonds. The van der Waals surface area contributed by atoms with Gasteiger partial charge in [0.1, 0.15) is 0 Å². The molecule has 1 aromatic rings. The monoisotopic (exact) mass is 325 g/mol. The first-order valence-corrected chi connectivity index (χ1v) is 9.29. The third kappa shape index (κ3) is 4.20. The predicted octanol–water partition coefficient (Wildman–Crippen LogP) is 1.14. The van der Waals surface area contributed by atoms with Crippen molar-refractivity contribution in [3.8, 4) is 0 Å². The van der Waals surface area contributed by atoms with Crippen LogP contribution in [0.4, 0.5) is 5.69 Å². The summed E-state index contributed by atoms with van der Waals surface area (Å²) in [6.45, 7) is 8.08. The molecule has 122 valence electrons. The third-order valence-corrected chi connectivity index (χ3v) is 4.48. The van der Waals surface area contributed by atoms with Gasteiger partial charge in [-0.05, 0) is 31.2 Å². The van der Waals surface area contributed by atoms with Crippen molar-refractivity contribution in [3.05, 3.63) is 29.3 Å². The Bertz CT molecular complexity index is 650. The number of nitrogens with one attached hydrogen (secondary N) is 1. The molecule has 1 heterocycles. The van der Waals surface area contributed by atoms with E-state index < -0.39 is 10.0 Å². The van der Waals surface area contributed by atoms with Crippen LogP contribution in [-0.4, -0.2) is 63.1 Å². The number of benzene rings is 1. The third-order valence-electron chi connectivity index (χ3n) is 3.89. The number of likely N-dealkylation sites (N-methyl/N-ethyl adjacent to an activating group) is 1. The second-order valence-corrected chi connectivity index (χ2v) is 7.38. The Morgan fingerprint density at radius 1 is 1.23 bits per heavy atom. The van der Waals surface area contributed by atoms with Gasteiger partial charge < -0.3 is 9.80 Å². The Hall–Kier alpha value is -1.60. The lowest BCUT2D eigenvalue weighted by molar-refractivity contribution is 0.0643. The quantitative estimate of drug-likeness (QED) is 0.901. The molecular formula is C15H23N3O3S. The van der Waals surface area contributed by atoms with E-state index in [4.69, 9.17) is 0 Å². The molecule has 1 aromatic carbocycles. The molecule has 0 aliphatic carbocycles. The lowest BCUT2D eigenvalue weighted by Gasteiger charge is -2.34. The van der Waals surface area contributed by atoms with Crippen LogP contribution in [0, 0.1) is 6.92 Å². The van der Waals surface area contributed by atoms with Gasteiger partial charge in [-0.25, -0.2) is 8.42 Å².